The maximum Gasteiger partial charge on any atom is 0.119 e. The van der Waals surface area contributed by atoms with Crippen LogP contribution in [0.3, 0.4) is 0 Å². The van der Waals surface area contributed by atoms with Gasteiger partial charge in [0.05, 0.1) is 12.7 Å². The molecular formula is C13H18O2. The molecule has 0 bridgehead atoms. The Balaban J connectivity index is 2.16. The first-order valence-corrected chi connectivity index (χ1v) is 5.57. The summed E-state index contributed by atoms with van der Waals surface area (Å²) >= 11 is 0. The van der Waals surface area contributed by atoms with Crippen molar-refractivity contribution in [2.75, 3.05) is 7.11 Å². The standard InChI is InChI=1S/C13H18O2/c1-3-5-11-9-13(11,14)10-6-4-7-12(8-10)15-2/h4,6-8,11,14H,3,5,9H2,1-2H3. The van der Waals surface area contributed by atoms with Crippen molar-refractivity contribution in [2.45, 2.75) is 31.8 Å². The summed E-state index contributed by atoms with van der Waals surface area (Å²) in [5, 5.41) is 10.4. The van der Waals surface area contributed by atoms with Gasteiger partial charge in [-0.25, -0.2) is 0 Å². The largest absolute Gasteiger partial charge is 0.497 e. The van der Waals surface area contributed by atoms with Crippen molar-refractivity contribution in [1.29, 1.82) is 0 Å². The highest BCUT2D eigenvalue weighted by atomic mass is 16.5. The van der Waals surface area contributed by atoms with Crippen LogP contribution < -0.4 is 4.74 Å². The summed E-state index contributed by atoms with van der Waals surface area (Å²) in [6.45, 7) is 2.16. The fraction of sp³-hybridized carbons (Fsp3) is 0.538. The summed E-state index contributed by atoms with van der Waals surface area (Å²) in [5.41, 5.74) is 0.421. The zero-order valence-electron chi connectivity index (χ0n) is 9.36. The van der Waals surface area contributed by atoms with E-state index in [0.29, 0.717) is 5.92 Å². The molecule has 1 aliphatic carbocycles. The first kappa shape index (κ1) is 10.5. The predicted octanol–water partition coefficient (Wildman–Crippen LogP) is 2.70. The fourth-order valence-electron chi connectivity index (χ4n) is 2.25. The lowest BCUT2D eigenvalue weighted by Gasteiger charge is -2.11. The monoisotopic (exact) mass is 206 g/mol. The molecule has 0 radical (unpaired) electrons. The zero-order chi connectivity index (χ0) is 10.9. The summed E-state index contributed by atoms with van der Waals surface area (Å²) in [5.74, 6) is 1.26. The Morgan fingerprint density at radius 1 is 1.53 bits per heavy atom. The third kappa shape index (κ3) is 1.86. The molecule has 1 saturated carbocycles. The van der Waals surface area contributed by atoms with Crippen LogP contribution in [0, 0.1) is 5.92 Å². The van der Waals surface area contributed by atoms with Gasteiger partial charge in [0.1, 0.15) is 5.75 Å². The number of aliphatic hydroxyl groups is 1. The molecule has 15 heavy (non-hydrogen) atoms. The summed E-state index contributed by atoms with van der Waals surface area (Å²) < 4.78 is 5.16. The van der Waals surface area contributed by atoms with Gasteiger partial charge in [-0.05, 0) is 36.5 Å². The van der Waals surface area contributed by atoms with E-state index in [1.54, 1.807) is 7.11 Å². The second-order valence-electron chi connectivity index (χ2n) is 4.35. The molecule has 0 amide bonds. The van der Waals surface area contributed by atoms with Gasteiger partial charge >= 0.3 is 0 Å². The lowest BCUT2D eigenvalue weighted by molar-refractivity contribution is 0.129. The summed E-state index contributed by atoms with van der Waals surface area (Å²) in [6, 6.07) is 7.77. The van der Waals surface area contributed by atoms with Gasteiger partial charge in [-0.15, -0.1) is 0 Å². The van der Waals surface area contributed by atoms with Crippen molar-refractivity contribution < 1.29 is 9.84 Å². The Bertz CT molecular complexity index is 348. The number of hydrogen-bond acceptors (Lipinski definition) is 2. The molecule has 1 aromatic carbocycles. The molecular weight excluding hydrogens is 188 g/mol. The molecule has 1 aromatic rings. The summed E-state index contributed by atoms with van der Waals surface area (Å²) in [7, 11) is 1.65. The highest BCUT2D eigenvalue weighted by molar-refractivity contribution is 5.36. The molecule has 0 aliphatic heterocycles. The van der Waals surface area contributed by atoms with Crippen LogP contribution in [0.5, 0.6) is 5.75 Å². The Morgan fingerprint density at radius 3 is 3.00 bits per heavy atom. The molecule has 2 heteroatoms. The minimum atomic E-state index is -0.579. The minimum absolute atomic E-state index is 0.439. The zero-order valence-corrected chi connectivity index (χ0v) is 9.36. The maximum atomic E-state index is 10.4. The smallest absolute Gasteiger partial charge is 0.119 e. The van der Waals surface area contributed by atoms with Crippen molar-refractivity contribution in [1.82, 2.24) is 0 Å². The van der Waals surface area contributed by atoms with Gasteiger partial charge < -0.3 is 9.84 Å². The Kier molecular flexibility index (Phi) is 2.70. The van der Waals surface area contributed by atoms with Crippen LogP contribution in [0.4, 0.5) is 0 Å². The van der Waals surface area contributed by atoms with E-state index < -0.39 is 5.60 Å². The lowest BCUT2D eigenvalue weighted by atomic mass is 10.0. The molecule has 82 valence electrons. The number of methoxy groups -OCH3 is 1. The normalized spacial score (nSPS) is 28.9. The van der Waals surface area contributed by atoms with Gasteiger partial charge in [-0.2, -0.15) is 0 Å². The van der Waals surface area contributed by atoms with Crippen LogP contribution in [0.25, 0.3) is 0 Å². The first-order chi connectivity index (χ1) is 7.20. The Morgan fingerprint density at radius 2 is 2.33 bits per heavy atom. The number of ether oxygens (including phenoxy) is 1. The average Bonchev–Trinajstić information content (AvgIpc) is 2.92. The third-order valence-corrected chi connectivity index (χ3v) is 3.28. The topological polar surface area (TPSA) is 29.5 Å². The van der Waals surface area contributed by atoms with Crippen molar-refractivity contribution in [3.8, 4) is 5.75 Å². The van der Waals surface area contributed by atoms with Crippen LogP contribution in [-0.4, -0.2) is 12.2 Å². The summed E-state index contributed by atoms with van der Waals surface area (Å²) in [4.78, 5) is 0. The maximum absolute atomic E-state index is 10.4. The second-order valence-corrected chi connectivity index (χ2v) is 4.35. The van der Waals surface area contributed by atoms with Crippen LogP contribution in [0.15, 0.2) is 24.3 Å². The van der Waals surface area contributed by atoms with E-state index in [4.69, 9.17) is 4.74 Å². The quantitative estimate of drug-likeness (QED) is 0.820. The van der Waals surface area contributed by atoms with Gasteiger partial charge in [0.15, 0.2) is 0 Å². The minimum Gasteiger partial charge on any atom is -0.497 e. The Hall–Kier alpha value is -1.02. The highest BCUT2D eigenvalue weighted by Gasteiger charge is 2.53. The molecule has 2 rings (SSSR count). The molecule has 1 fully saturated rings. The number of benzene rings is 1. The predicted molar refractivity (Wildman–Crippen MR) is 59.9 cm³/mol. The number of rotatable bonds is 4. The van der Waals surface area contributed by atoms with E-state index in [1.165, 1.54) is 0 Å². The molecule has 2 atom stereocenters. The van der Waals surface area contributed by atoms with E-state index in [-0.39, 0.29) is 0 Å². The fourth-order valence-corrected chi connectivity index (χ4v) is 2.25. The van der Waals surface area contributed by atoms with Gasteiger partial charge in [-0.3, -0.25) is 0 Å². The van der Waals surface area contributed by atoms with Crippen LogP contribution in [0.2, 0.25) is 0 Å². The lowest BCUT2D eigenvalue weighted by Crippen LogP contribution is -2.08. The second kappa shape index (κ2) is 3.86. The van der Waals surface area contributed by atoms with Crippen molar-refractivity contribution >= 4 is 0 Å². The van der Waals surface area contributed by atoms with Crippen molar-refractivity contribution in [2.24, 2.45) is 5.92 Å². The Labute approximate surface area is 90.9 Å². The van der Waals surface area contributed by atoms with E-state index >= 15 is 0 Å². The average molecular weight is 206 g/mol. The molecule has 2 nitrogen and oxygen atoms in total. The molecule has 2 unspecified atom stereocenters. The number of hydrogen-bond donors (Lipinski definition) is 1. The van der Waals surface area contributed by atoms with Crippen LogP contribution in [-0.2, 0) is 5.60 Å². The van der Waals surface area contributed by atoms with Gasteiger partial charge in [0, 0.05) is 0 Å². The van der Waals surface area contributed by atoms with Crippen LogP contribution in [0.1, 0.15) is 31.7 Å². The molecule has 0 aromatic heterocycles. The third-order valence-electron chi connectivity index (χ3n) is 3.28. The molecule has 0 saturated heterocycles. The van der Waals surface area contributed by atoms with E-state index in [2.05, 4.69) is 6.92 Å². The van der Waals surface area contributed by atoms with E-state index in [0.717, 1.165) is 30.6 Å². The van der Waals surface area contributed by atoms with E-state index in [1.807, 2.05) is 24.3 Å². The molecule has 0 heterocycles. The van der Waals surface area contributed by atoms with E-state index in [9.17, 15) is 5.11 Å². The summed E-state index contributed by atoms with van der Waals surface area (Å²) in [6.07, 6.45) is 3.14. The van der Waals surface area contributed by atoms with Gasteiger partial charge in [0.2, 0.25) is 0 Å². The van der Waals surface area contributed by atoms with Crippen molar-refractivity contribution in [3.05, 3.63) is 29.8 Å². The van der Waals surface area contributed by atoms with Crippen molar-refractivity contribution in [3.63, 3.8) is 0 Å². The molecule has 1 N–H and O–H groups in total. The SMILES string of the molecule is CCCC1CC1(O)c1cccc(OC)c1. The van der Waals surface area contributed by atoms with Crippen LogP contribution >= 0.6 is 0 Å². The van der Waals surface area contributed by atoms with Gasteiger partial charge in [-0.1, -0.05) is 25.5 Å². The first-order valence-electron chi connectivity index (χ1n) is 5.57. The highest BCUT2D eigenvalue weighted by Crippen LogP contribution is 2.54. The molecule has 0 spiro atoms. The van der Waals surface area contributed by atoms with Gasteiger partial charge in [0.25, 0.3) is 0 Å². The molecule has 1 aliphatic rings.